The molecule has 1 aromatic carbocycles. The third-order valence-corrected chi connectivity index (χ3v) is 2.99. The highest BCUT2D eigenvalue weighted by Crippen LogP contribution is 2.23. The molecule has 0 unspecified atom stereocenters. The fraction of sp³-hybridized carbons (Fsp3) is 0.167. The van der Waals surface area contributed by atoms with Crippen molar-refractivity contribution in [1.29, 1.82) is 0 Å². The van der Waals surface area contributed by atoms with Gasteiger partial charge in [0, 0.05) is 19.3 Å². The minimum atomic E-state index is -0.353. The van der Waals surface area contributed by atoms with Gasteiger partial charge < -0.3 is 0 Å². The number of para-hydroxylation sites is 1. The van der Waals surface area contributed by atoms with E-state index < -0.39 is 0 Å². The molecule has 0 aliphatic rings. The number of fused-ring (bicyclic) bond motifs is 1. The molecule has 0 atom stereocenters. The second kappa shape index (κ2) is 4.10. The normalized spacial score (nSPS) is 11.3. The van der Waals surface area contributed by atoms with Crippen LogP contribution in [0.1, 0.15) is 5.82 Å². The van der Waals surface area contributed by atoms with E-state index in [9.17, 15) is 4.39 Å². The van der Waals surface area contributed by atoms with Gasteiger partial charge in [-0.25, -0.2) is 9.37 Å². The van der Waals surface area contributed by atoms with Gasteiger partial charge >= 0.3 is 0 Å². The van der Waals surface area contributed by atoms with Crippen LogP contribution in [-0.2, 0) is 12.9 Å². The van der Waals surface area contributed by atoms with Gasteiger partial charge in [-0.15, -0.1) is 11.6 Å². The molecule has 0 saturated heterocycles. The molecule has 4 nitrogen and oxygen atoms in total. The SMILES string of the molecule is Cn1ccc(-n2c(CCl)nc3c(F)cccc32)n1. The summed E-state index contributed by atoms with van der Waals surface area (Å²) in [4.78, 5) is 4.22. The zero-order valence-electron chi connectivity index (χ0n) is 9.64. The molecular formula is C12H10ClFN4. The van der Waals surface area contributed by atoms with E-state index in [0.717, 1.165) is 0 Å². The van der Waals surface area contributed by atoms with E-state index in [0.29, 0.717) is 22.7 Å². The molecular weight excluding hydrogens is 255 g/mol. The highest BCUT2D eigenvalue weighted by atomic mass is 35.5. The summed E-state index contributed by atoms with van der Waals surface area (Å²) in [6, 6.07) is 6.67. The van der Waals surface area contributed by atoms with Crippen molar-refractivity contribution in [2.75, 3.05) is 0 Å². The number of aryl methyl sites for hydroxylation is 1. The molecule has 3 rings (SSSR count). The number of nitrogens with zero attached hydrogens (tertiary/aromatic N) is 4. The molecule has 0 radical (unpaired) electrons. The lowest BCUT2D eigenvalue weighted by atomic mass is 10.3. The van der Waals surface area contributed by atoms with E-state index in [-0.39, 0.29) is 11.7 Å². The molecule has 0 spiro atoms. The van der Waals surface area contributed by atoms with Gasteiger partial charge in [0.15, 0.2) is 11.6 Å². The van der Waals surface area contributed by atoms with E-state index in [1.807, 2.05) is 19.3 Å². The van der Waals surface area contributed by atoms with Crippen molar-refractivity contribution in [2.24, 2.45) is 7.05 Å². The number of hydrogen-bond donors (Lipinski definition) is 0. The summed E-state index contributed by atoms with van der Waals surface area (Å²) >= 11 is 5.87. The molecule has 0 aliphatic heterocycles. The number of aromatic nitrogens is 4. The fourth-order valence-electron chi connectivity index (χ4n) is 1.98. The van der Waals surface area contributed by atoms with Crippen molar-refractivity contribution in [2.45, 2.75) is 5.88 Å². The van der Waals surface area contributed by atoms with Crippen molar-refractivity contribution in [3.05, 3.63) is 42.1 Å². The van der Waals surface area contributed by atoms with Crippen molar-refractivity contribution in [1.82, 2.24) is 19.3 Å². The number of benzene rings is 1. The molecule has 18 heavy (non-hydrogen) atoms. The Bertz CT molecular complexity index is 716. The Hall–Kier alpha value is -1.88. The maximum atomic E-state index is 13.7. The molecule has 0 saturated carbocycles. The van der Waals surface area contributed by atoms with Gasteiger partial charge in [-0.3, -0.25) is 9.25 Å². The Morgan fingerprint density at radius 1 is 1.33 bits per heavy atom. The van der Waals surface area contributed by atoms with Crippen LogP contribution in [0.5, 0.6) is 0 Å². The first kappa shape index (κ1) is 11.2. The monoisotopic (exact) mass is 264 g/mol. The van der Waals surface area contributed by atoms with E-state index >= 15 is 0 Å². The molecule has 0 fully saturated rings. The molecule has 0 aliphatic carbocycles. The van der Waals surface area contributed by atoms with Crippen LogP contribution in [0, 0.1) is 5.82 Å². The molecule has 6 heteroatoms. The third kappa shape index (κ3) is 1.59. The van der Waals surface area contributed by atoms with Crippen molar-refractivity contribution in [3.63, 3.8) is 0 Å². The maximum absolute atomic E-state index is 13.7. The number of imidazole rings is 1. The minimum Gasteiger partial charge on any atom is -0.278 e. The first-order valence-electron chi connectivity index (χ1n) is 5.42. The van der Waals surface area contributed by atoms with Gasteiger partial charge in [-0.05, 0) is 12.1 Å². The second-order valence-corrected chi connectivity index (χ2v) is 4.22. The lowest BCUT2D eigenvalue weighted by Crippen LogP contribution is -2.01. The molecule has 0 bridgehead atoms. The van der Waals surface area contributed by atoms with Gasteiger partial charge in [0.25, 0.3) is 0 Å². The molecule has 0 N–H and O–H groups in total. The van der Waals surface area contributed by atoms with Crippen LogP contribution in [0.2, 0.25) is 0 Å². The molecule has 2 heterocycles. The highest BCUT2D eigenvalue weighted by Gasteiger charge is 2.15. The zero-order valence-corrected chi connectivity index (χ0v) is 10.4. The standard InChI is InChI=1S/C12H10ClFN4/c1-17-6-5-10(16-17)18-9-4-2-3-8(14)12(9)15-11(18)7-13/h2-6H,7H2,1H3. The van der Waals surface area contributed by atoms with Crippen LogP contribution >= 0.6 is 11.6 Å². The van der Waals surface area contributed by atoms with Gasteiger partial charge in [0.2, 0.25) is 0 Å². The average molecular weight is 265 g/mol. The topological polar surface area (TPSA) is 35.6 Å². The summed E-state index contributed by atoms with van der Waals surface area (Å²) in [5.74, 6) is 1.11. The lowest BCUT2D eigenvalue weighted by Gasteiger charge is -2.03. The van der Waals surface area contributed by atoms with Crippen LogP contribution in [0.25, 0.3) is 16.9 Å². The van der Waals surface area contributed by atoms with Crippen LogP contribution in [-0.4, -0.2) is 19.3 Å². The average Bonchev–Trinajstić information content (AvgIpc) is 2.93. The predicted molar refractivity (Wildman–Crippen MR) is 67.4 cm³/mol. The quantitative estimate of drug-likeness (QED) is 0.667. The smallest absolute Gasteiger partial charge is 0.160 e. The summed E-state index contributed by atoms with van der Waals surface area (Å²) in [6.45, 7) is 0. The predicted octanol–water partition coefficient (Wildman–Crippen LogP) is 2.64. The van der Waals surface area contributed by atoms with E-state index in [4.69, 9.17) is 11.6 Å². The van der Waals surface area contributed by atoms with E-state index in [1.54, 1.807) is 21.4 Å². The Morgan fingerprint density at radius 2 is 2.17 bits per heavy atom. The Morgan fingerprint density at radius 3 is 2.83 bits per heavy atom. The van der Waals surface area contributed by atoms with Crippen LogP contribution in [0.4, 0.5) is 4.39 Å². The van der Waals surface area contributed by atoms with Crippen LogP contribution in [0.15, 0.2) is 30.5 Å². The fourth-order valence-corrected chi connectivity index (χ4v) is 2.16. The van der Waals surface area contributed by atoms with Crippen molar-refractivity contribution >= 4 is 22.6 Å². The first-order chi connectivity index (χ1) is 8.70. The summed E-state index contributed by atoms with van der Waals surface area (Å²) in [7, 11) is 1.82. The third-order valence-electron chi connectivity index (χ3n) is 2.75. The zero-order chi connectivity index (χ0) is 12.7. The minimum absolute atomic E-state index is 0.199. The Balaban J connectivity index is 2.36. The largest absolute Gasteiger partial charge is 0.278 e. The molecule has 0 amide bonds. The van der Waals surface area contributed by atoms with Gasteiger partial charge in [-0.2, -0.15) is 5.10 Å². The van der Waals surface area contributed by atoms with Gasteiger partial charge in [0.1, 0.15) is 11.3 Å². The maximum Gasteiger partial charge on any atom is 0.160 e. The summed E-state index contributed by atoms with van der Waals surface area (Å²) in [5, 5.41) is 4.30. The van der Waals surface area contributed by atoms with E-state index in [2.05, 4.69) is 10.1 Å². The number of hydrogen-bond acceptors (Lipinski definition) is 2. The number of alkyl halides is 1. The molecule has 92 valence electrons. The number of halogens is 2. The Kier molecular flexibility index (Phi) is 2.56. The van der Waals surface area contributed by atoms with Crippen LogP contribution in [0.3, 0.4) is 0 Å². The van der Waals surface area contributed by atoms with Crippen molar-refractivity contribution in [3.8, 4) is 5.82 Å². The number of rotatable bonds is 2. The summed E-state index contributed by atoms with van der Waals surface area (Å²) in [6.07, 6.45) is 1.82. The summed E-state index contributed by atoms with van der Waals surface area (Å²) < 4.78 is 17.1. The lowest BCUT2D eigenvalue weighted by molar-refractivity contribution is 0.637. The van der Waals surface area contributed by atoms with Gasteiger partial charge in [-0.1, -0.05) is 6.07 Å². The highest BCUT2D eigenvalue weighted by molar-refractivity contribution is 6.17. The molecule has 2 aromatic heterocycles. The van der Waals surface area contributed by atoms with Crippen LogP contribution < -0.4 is 0 Å². The molecule has 3 aromatic rings. The first-order valence-corrected chi connectivity index (χ1v) is 5.96. The van der Waals surface area contributed by atoms with E-state index in [1.165, 1.54) is 6.07 Å². The van der Waals surface area contributed by atoms with Gasteiger partial charge in [0.05, 0.1) is 11.4 Å². The van der Waals surface area contributed by atoms with Crippen molar-refractivity contribution < 1.29 is 4.39 Å². The summed E-state index contributed by atoms with van der Waals surface area (Å²) in [5.41, 5.74) is 0.989. The second-order valence-electron chi connectivity index (χ2n) is 3.95. The Labute approximate surface area is 108 Å².